The lowest BCUT2D eigenvalue weighted by Gasteiger charge is -2.35. The van der Waals surface area contributed by atoms with E-state index in [4.69, 9.17) is 0 Å². The van der Waals surface area contributed by atoms with Gasteiger partial charge in [-0.1, -0.05) is 26.0 Å². The first-order valence-electron chi connectivity index (χ1n) is 6.13. The summed E-state index contributed by atoms with van der Waals surface area (Å²) in [7, 11) is 0. The van der Waals surface area contributed by atoms with Gasteiger partial charge in [-0.25, -0.2) is 0 Å². The van der Waals surface area contributed by atoms with Gasteiger partial charge >= 0.3 is 6.18 Å². The summed E-state index contributed by atoms with van der Waals surface area (Å²) in [6, 6.07) is 5.11. The molecule has 0 aliphatic carbocycles. The number of alkyl halides is 3. The van der Waals surface area contributed by atoms with Gasteiger partial charge in [0.25, 0.3) is 0 Å². The molecule has 1 rings (SSSR count). The molecule has 0 saturated heterocycles. The fourth-order valence-electron chi connectivity index (χ4n) is 2.48. The van der Waals surface area contributed by atoms with Gasteiger partial charge in [0.1, 0.15) is 0 Å². The molecule has 1 nitrogen and oxygen atoms in total. The number of aliphatic hydroxyl groups excluding tert-OH is 1. The molecule has 0 amide bonds. The number of benzene rings is 1. The lowest BCUT2D eigenvalue weighted by atomic mass is 9.72. The molecule has 4 heteroatoms. The van der Waals surface area contributed by atoms with Crippen LogP contribution in [0.5, 0.6) is 0 Å². The van der Waals surface area contributed by atoms with Crippen LogP contribution in [0, 0.1) is 0 Å². The van der Waals surface area contributed by atoms with Crippen molar-refractivity contribution < 1.29 is 18.3 Å². The van der Waals surface area contributed by atoms with Gasteiger partial charge in [-0.2, -0.15) is 13.2 Å². The number of halogens is 3. The third-order valence-electron chi connectivity index (χ3n) is 3.85. The number of hydrogen-bond donors (Lipinski definition) is 1. The Bertz CT molecular complexity index is 375. The summed E-state index contributed by atoms with van der Waals surface area (Å²) < 4.78 is 37.5. The largest absolute Gasteiger partial charge is 0.416 e. The van der Waals surface area contributed by atoms with Crippen molar-refractivity contribution in [2.75, 3.05) is 0 Å². The lowest BCUT2D eigenvalue weighted by molar-refractivity contribution is -0.137. The normalized spacial score (nSPS) is 14.6. The second kappa shape index (κ2) is 5.31. The van der Waals surface area contributed by atoms with Crippen LogP contribution in [-0.2, 0) is 11.6 Å². The van der Waals surface area contributed by atoms with Crippen molar-refractivity contribution in [2.45, 2.75) is 51.3 Å². The summed E-state index contributed by atoms with van der Waals surface area (Å²) in [5.74, 6) is 0. The Morgan fingerprint density at radius 1 is 1.00 bits per heavy atom. The molecule has 1 aromatic carbocycles. The Hall–Kier alpha value is -1.03. The van der Waals surface area contributed by atoms with Crippen molar-refractivity contribution >= 4 is 0 Å². The lowest BCUT2D eigenvalue weighted by Crippen LogP contribution is -2.36. The first-order valence-corrected chi connectivity index (χ1v) is 6.13. The summed E-state index contributed by atoms with van der Waals surface area (Å²) in [6.45, 7) is 5.56. The van der Waals surface area contributed by atoms with Crippen LogP contribution in [0.3, 0.4) is 0 Å². The molecule has 0 spiro atoms. The zero-order chi connectivity index (χ0) is 14.0. The van der Waals surface area contributed by atoms with Crippen LogP contribution in [0.4, 0.5) is 13.2 Å². The summed E-state index contributed by atoms with van der Waals surface area (Å²) in [5, 5.41) is 9.92. The molecule has 18 heavy (non-hydrogen) atoms. The Morgan fingerprint density at radius 3 is 1.67 bits per heavy atom. The average molecular weight is 260 g/mol. The molecule has 0 fully saturated rings. The predicted molar refractivity (Wildman–Crippen MR) is 65.4 cm³/mol. The van der Waals surface area contributed by atoms with Crippen molar-refractivity contribution in [3.05, 3.63) is 35.4 Å². The van der Waals surface area contributed by atoms with E-state index in [2.05, 4.69) is 0 Å². The molecule has 0 heterocycles. The highest BCUT2D eigenvalue weighted by Crippen LogP contribution is 2.37. The minimum absolute atomic E-state index is 0.468. The first-order chi connectivity index (χ1) is 8.28. The predicted octanol–water partition coefficient (Wildman–Crippen LogP) is 4.14. The summed E-state index contributed by atoms with van der Waals surface area (Å²) in [5.41, 5.74) is -0.363. The second-order valence-electron chi connectivity index (χ2n) is 4.61. The molecule has 0 aromatic heterocycles. The van der Waals surface area contributed by atoms with Gasteiger partial charge in [0.2, 0.25) is 0 Å². The van der Waals surface area contributed by atoms with E-state index in [9.17, 15) is 18.3 Å². The van der Waals surface area contributed by atoms with Crippen molar-refractivity contribution in [1.82, 2.24) is 0 Å². The molecule has 1 N–H and O–H groups in total. The smallest absolute Gasteiger partial charge is 0.392 e. The maximum absolute atomic E-state index is 12.5. The Morgan fingerprint density at radius 2 is 1.39 bits per heavy atom. The average Bonchev–Trinajstić information content (AvgIpc) is 2.30. The Kier molecular flexibility index (Phi) is 4.43. The summed E-state index contributed by atoms with van der Waals surface area (Å²) in [4.78, 5) is 0. The highest BCUT2D eigenvalue weighted by Gasteiger charge is 2.35. The SMILES string of the molecule is CCC(CC)(c1ccc(C(F)(F)F)cc1)C(C)O. The molecular weight excluding hydrogens is 241 g/mol. The van der Waals surface area contributed by atoms with Crippen molar-refractivity contribution in [2.24, 2.45) is 0 Å². The summed E-state index contributed by atoms with van der Waals surface area (Å²) >= 11 is 0. The fourth-order valence-corrected chi connectivity index (χ4v) is 2.48. The highest BCUT2D eigenvalue weighted by molar-refractivity contribution is 5.31. The molecule has 1 atom stereocenters. The van der Waals surface area contributed by atoms with Crippen LogP contribution >= 0.6 is 0 Å². The Labute approximate surface area is 106 Å². The number of rotatable bonds is 4. The highest BCUT2D eigenvalue weighted by atomic mass is 19.4. The van der Waals surface area contributed by atoms with E-state index in [1.807, 2.05) is 13.8 Å². The van der Waals surface area contributed by atoms with E-state index in [0.29, 0.717) is 12.8 Å². The minimum Gasteiger partial charge on any atom is -0.392 e. The molecule has 0 saturated carbocycles. The van der Waals surface area contributed by atoms with Crippen molar-refractivity contribution in [3.63, 3.8) is 0 Å². The van der Waals surface area contributed by atoms with Crippen LogP contribution in [0.1, 0.15) is 44.7 Å². The maximum atomic E-state index is 12.5. The standard InChI is InChI=1S/C14H19F3O/c1-4-13(5-2,10(3)18)11-6-8-12(9-7-11)14(15,16)17/h6-10,18H,4-5H2,1-3H3. The molecule has 0 bridgehead atoms. The van der Waals surface area contributed by atoms with E-state index in [1.165, 1.54) is 12.1 Å². The van der Waals surface area contributed by atoms with E-state index in [1.54, 1.807) is 6.92 Å². The van der Waals surface area contributed by atoms with Gasteiger partial charge in [-0.15, -0.1) is 0 Å². The van der Waals surface area contributed by atoms with Crippen LogP contribution in [0.25, 0.3) is 0 Å². The third-order valence-corrected chi connectivity index (χ3v) is 3.85. The van der Waals surface area contributed by atoms with Gasteiger partial charge in [0.05, 0.1) is 11.7 Å². The molecule has 0 aliphatic heterocycles. The zero-order valence-electron chi connectivity index (χ0n) is 10.9. The summed E-state index contributed by atoms with van der Waals surface area (Å²) in [6.07, 6.45) is -3.53. The third kappa shape index (κ3) is 2.69. The van der Waals surface area contributed by atoms with Crippen LogP contribution < -0.4 is 0 Å². The van der Waals surface area contributed by atoms with Crippen molar-refractivity contribution in [3.8, 4) is 0 Å². The molecule has 0 radical (unpaired) electrons. The molecule has 1 unspecified atom stereocenters. The van der Waals surface area contributed by atoms with E-state index >= 15 is 0 Å². The fraction of sp³-hybridized carbons (Fsp3) is 0.571. The van der Waals surface area contributed by atoms with Gasteiger partial charge < -0.3 is 5.11 Å². The topological polar surface area (TPSA) is 20.2 Å². The van der Waals surface area contributed by atoms with Crippen LogP contribution in [0.2, 0.25) is 0 Å². The van der Waals surface area contributed by atoms with Crippen molar-refractivity contribution in [1.29, 1.82) is 0 Å². The van der Waals surface area contributed by atoms with Gasteiger partial charge in [-0.05, 0) is 37.5 Å². The van der Waals surface area contributed by atoms with E-state index < -0.39 is 23.3 Å². The molecule has 102 valence electrons. The minimum atomic E-state index is -4.32. The Balaban J connectivity index is 3.17. The monoisotopic (exact) mass is 260 g/mol. The van der Waals surface area contributed by atoms with Crippen LogP contribution in [-0.4, -0.2) is 11.2 Å². The van der Waals surface area contributed by atoms with Crippen LogP contribution in [0.15, 0.2) is 24.3 Å². The molecule has 0 aliphatic rings. The van der Waals surface area contributed by atoms with Gasteiger partial charge in [-0.3, -0.25) is 0 Å². The van der Waals surface area contributed by atoms with E-state index in [0.717, 1.165) is 17.7 Å². The number of hydrogen-bond acceptors (Lipinski definition) is 1. The second-order valence-corrected chi connectivity index (χ2v) is 4.61. The quantitative estimate of drug-likeness (QED) is 0.862. The van der Waals surface area contributed by atoms with E-state index in [-0.39, 0.29) is 0 Å². The molecular formula is C14H19F3O. The van der Waals surface area contributed by atoms with Gasteiger partial charge in [0.15, 0.2) is 0 Å². The maximum Gasteiger partial charge on any atom is 0.416 e. The number of aliphatic hydroxyl groups is 1. The molecule has 1 aromatic rings. The van der Waals surface area contributed by atoms with Gasteiger partial charge in [0, 0.05) is 5.41 Å². The zero-order valence-corrected chi connectivity index (χ0v) is 10.9. The first kappa shape index (κ1) is 15.0.